The summed E-state index contributed by atoms with van der Waals surface area (Å²) in [6.45, 7) is 1.67. The fraction of sp³-hybridized carbons (Fsp3) is 0.217. The second-order valence-corrected chi connectivity index (χ2v) is 8.23. The van der Waals surface area contributed by atoms with E-state index >= 15 is 0 Å². The molecule has 0 fully saturated rings. The van der Waals surface area contributed by atoms with Crippen LogP contribution in [0.2, 0.25) is 0 Å². The van der Waals surface area contributed by atoms with Crippen molar-refractivity contribution in [2.75, 3.05) is 25.7 Å². The molecule has 0 amide bonds. The molecule has 31 heavy (non-hydrogen) atoms. The van der Waals surface area contributed by atoms with Gasteiger partial charge in [-0.2, -0.15) is 10.2 Å². The van der Waals surface area contributed by atoms with Crippen molar-refractivity contribution in [2.24, 2.45) is 0 Å². The van der Waals surface area contributed by atoms with Crippen LogP contribution >= 0.6 is 15.9 Å². The average Bonchev–Trinajstić information content (AvgIpc) is 2.82. The first-order valence-electron chi connectivity index (χ1n) is 9.88. The van der Waals surface area contributed by atoms with E-state index in [9.17, 15) is 0 Å². The molecule has 8 heteroatoms. The molecule has 0 saturated carbocycles. The van der Waals surface area contributed by atoms with E-state index in [-0.39, 0.29) is 0 Å². The van der Waals surface area contributed by atoms with Crippen molar-refractivity contribution in [3.63, 3.8) is 0 Å². The molecule has 1 aliphatic heterocycles. The third kappa shape index (κ3) is 3.67. The Kier molecular flexibility index (Phi) is 5.15. The molecule has 0 saturated heterocycles. The Morgan fingerprint density at radius 3 is 2.58 bits per heavy atom. The second-order valence-electron chi connectivity index (χ2n) is 7.32. The van der Waals surface area contributed by atoms with Gasteiger partial charge in [-0.3, -0.25) is 4.98 Å². The van der Waals surface area contributed by atoms with E-state index in [1.54, 1.807) is 20.4 Å². The van der Waals surface area contributed by atoms with E-state index in [0.717, 1.165) is 57.5 Å². The Bertz CT molecular complexity index is 1260. The number of ether oxygens (including phenoxy) is 2. The molecule has 0 N–H and O–H groups in total. The standard InChI is InChI=1S/C23H20BrN5O2/c1-30-21-8-17-18(12-27-28-19(17)9-22(21)31-2)15-3-4-23(26-10-15)29-6-5-14-7-16(24)11-25-20(14)13-29/h3-4,7-12H,5-6,13H2,1-2H3. The molecule has 4 aromatic rings. The van der Waals surface area contributed by atoms with Gasteiger partial charge in [0.1, 0.15) is 5.82 Å². The highest BCUT2D eigenvalue weighted by atomic mass is 79.9. The second kappa shape index (κ2) is 8.11. The highest BCUT2D eigenvalue weighted by Gasteiger charge is 2.19. The molecule has 0 unspecified atom stereocenters. The van der Waals surface area contributed by atoms with Gasteiger partial charge in [-0.15, -0.1) is 0 Å². The molecule has 0 radical (unpaired) electrons. The van der Waals surface area contributed by atoms with Gasteiger partial charge in [0.25, 0.3) is 0 Å². The number of nitrogens with zero attached hydrogens (tertiary/aromatic N) is 5. The summed E-state index contributed by atoms with van der Waals surface area (Å²) in [5.41, 5.74) is 5.05. The summed E-state index contributed by atoms with van der Waals surface area (Å²) in [4.78, 5) is 11.6. The first-order chi connectivity index (χ1) is 15.2. The largest absolute Gasteiger partial charge is 0.493 e. The Labute approximate surface area is 188 Å². The molecule has 0 spiro atoms. The molecule has 156 valence electrons. The van der Waals surface area contributed by atoms with Crippen molar-refractivity contribution in [1.29, 1.82) is 0 Å². The van der Waals surface area contributed by atoms with Gasteiger partial charge in [0.05, 0.1) is 38.2 Å². The number of pyridine rings is 2. The van der Waals surface area contributed by atoms with Gasteiger partial charge in [0, 0.05) is 46.0 Å². The molecular formula is C23H20BrN5O2. The van der Waals surface area contributed by atoms with Crippen LogP contribution in [0.15, 0.2) is 53.4 Å². The average molecular weight is 478 g/mol. The molecule has 0 aliphatic carbocycles. The van der Waals surface area contributed by atoms with E-state index < -0.39 is 0 Å². The Balaban J connectivity index is 1.46. The number of hydrogen-bond donors (Lipinski definition) is 0. The molecule has 5 rings (SSSR count). The SMILES string of the molecule is COc1cc2nncc(-c3ccc(N4CCc5cc(Br)cnc5C4)nc3)c2cc1OC. The quantitative estimate of drug-likeness (QED) is 0.430. The van der Waals surface area contributed by atoms with Crippen LogP contribution < -0.4 is 14.4 Å². The zero-order valence-corrected chi connectivity index (χ0v) is 18.8. The third-order valence-electron chi connectivity index (χ3n) is 5.55. The zero-order valence-electron chi connectivity index (χ0n) is 17.2. The number of halogens is 1. The van der Waals surface area contributed by atoms with Gasteiger partial charge in [-0.25, -0.2) is 4.98 Å². The van der Waals surface area contributed by atoms with Crippen LogP contribution in [0.25, 0.3) is 22.0 Å². The first-order valence-corrected chi connectivity index (χ1v) is 10.7. The number of rotatable bonds is 4. The van der Waals surface area contributed by atoms with Crippen molar-refractivity contribution in [1.82, 2.24) is 20.2 Å². The lowest BCUT2D eigenvalue weighted by Crippen LogP contribution is -2.31. The van der Waals surface area contributed by atoms with Crippen molar-refractivity contribution in [3.8, 4) is 22.6 Å². The van der Waals surface area contributed by atoms with Gasteiger partial charge < -0.3 is 14.4 Å². The van der Waals surface area contributed by atoms with Crippen LogP contribution in [0.3, 0.4) is 0 Å². The van der Waals surface area contributed by atoms with Crippen molar-refractivity contribution in [3.05, 3.63) is 64.7 Å². The van der Waals surface area contributed by atoms with Crippen LogP contribution in [-0.4, -0.2) is 40.9 Å². The van der Waals surface area contributed by atoms with Crippen molar-refractivity contribution < 1.29 is 9.47 Å². The summed E-state index contributed by atoms with van der Waals surface area (Å²) in [5, 5.41) is 9.35. The van der Waals surface area contributed by atoms with Crippen LogP contribution in [0.1, 0.15) is 11.3 Å². The van der Waals surface area contributed by atoms with Crippen molar-refractivity contribution in [2.45, 2.75) is 13.0 Å². The molecule has 7 nitrogen and oxygen atoms in total. The van der Waals surface area contributed by atoms with Gasteiger partial charge in [0.15, 0.2) is 11.5 Å². The van der Waals surface area contributed by atoms with E-state index in [1.807, 2.05) is 30.6 Å². The maximum atomic E-state index is 5.47. The Hall–Kier alpha value is -3.26. The number of aromatic nitrogens is 4. The van der Waals surface area contributed by atoms with Gasteiger partial charge >= 0.3 is 0 Å². The lowest BCUT2D eigenvalue weighted by molar-refractivity contribution is 0.356. The Morgan fingerprint density at radius 2 is 1.81 bits per heavy atom. The molecule has 0 atom stereocenters. The van der Waals surface area contributed by atoms with Gasteiger partial charge in [-0.1, -0.05) is 0 Å². The summed E-state index contributed by atoms with van der Waals surface area (Å²) >= 11 is 3.50. The lowest BCUT2D eigenvalue weighted by atomic mass is 10.0. The predicted octanol–water partition coefficient (Wildman–Crippen LogP) is 4.43. The minimum atomic E-state index is 0.626. The van der Waals surface area contributed by atoms with E-state index in [1.165, 1.54) is 5.56 Å². The normalized spacial score (nSPS) is 13.2. The predicted molar refractivity (Wildman–Crippen MR) is 123 cm³/mol. The maximum absolute atomic E-state index is 5.47. The van der Waals surface area contributed by atoms with E-state index in [4.69, 9.17) is 14.5 Å². The van der Waals surface area contributed by atoms with Crippen LogP contribution in [-0.2, 0) is 13.0 Å². The molecule has 0 bridgehead atoms. The fourth-order valence-corrected chi connectivity index (χ4v) is 4.31. The van der Waals surface area contributed by atoms with Gasteiger partial charge in [0.2, 0.25) is 0 Å². The van der Waals surface area contributed by atoms with Crippen LogP contribution in [0, 0.1) is 0 Å². The third-order valence-corrected chi connectivity index (χ3v) is 5.98. The number of fused-ring (bicyclic) bond motifs is 2. The molecule has 1 aromatic carbocycles. The van der Waals surface area contributed by atoms with Crippen LogP contribution in [0.4, 0.5) is 5.82 Å². The molecule has 1 aliphatic rings. The number of anilines is 1. The highest BCUT2D eigenvalue weighted by Crippen LogP contribution is 2.36. The first kappa shape index (κ1) is 19.7. The van der Waals surface area contributed by atoms with Crippen molar-refractivity contribution >= 4 is 32.7 Å². The maximum Gasteiger partial charge on any atom is 0.162 e. The summed E-state index contributed by atoms with van der Waals surface area (Å²) in [5.74, 6) is 2.21. The van der Waals surface area contributed by atoms with Crippen LogP contribution in [0.5, 0.6) is 11.5 Å². The summed E-state index contributed by atoms with van der Waals surface area (Å²) < 4.78 is 11.9. The monoisotopic (exact) mass is 477 g/mol. The topological polar surface area (TPSA) is 73.3 Å². The molecular weight excluding hydrogens is 458 g/mol. The summed E-state index contributed by atoms with van der Waals surface area (Å²) in [7, 11) is 3.23. The zero-order chi connectivity index (χ0) is 21.4. The number of benzene rings is 1. The highest BCUT2D eigenvalue weighted by molar-refractivity contribution is 9.10. The lowest BCUT2D eigenvalue weighted by Gasteiger charge is -2.29. The molecule has 3 aromatic heterocycles. The van der Waals surface area contributed by atoms with E-state index in [2.05, 4.69) is 48.1 Å². The smallest absolute Gasteiger partial charge is 0.162 e. The number of hydrogen-bond acceptors (Lipinski definition) is 7. The van der Waals surface area contributed by atoms with E-state index in [0.29, 0.717) is 11.5 Å². The minimum Gasteiger partial charge on any atom is -0.493 e. The number of methoxy groups -OCH3 is 2. The van der Waals surface area contributed by atoms with Gasteiger partial charge in [-0.05, 0) is 52.2 Å². The Morgan fingerprint density at radius 1 is 0.968 bits per heavy atom. The summed E-state index contributed by atoms with van der Waals surface area (Å²) in [6, 6.07) is 10.0. The fourth-order valence-electron chi connectivity index (χ4n) is 3.93. The minimum absolute atomic E-state index is 0.626. The molecule has 4 heterocycles. The summed E-state index contributed by atoms with van der Waals surface area (Å²) in [6.07, 6.45) is 6.44.